The number of benzene rings is 2. The first-order valence-electron chi connectivity index (χ1n) is 11.0. The quantitative estimate of drug-likeness (QED) is 0.513. The van der Waals surface area contributed by atoms with E-state index in [1.165, 1.54) is 16.4 Å². The molecule has 0 heterocycles. The van der Waals surface area contributed by atoms with Crippen molar-refractivity contribution >= 4 is 21.9 Å². The number of sulfonamides is 1. The molecule has 0 radical (unpaired) electrons. The second kappa shape index (κ2) is 10.9. The number of aryl methyl sites for hydroxylation is 1. The van der Waals surface area contributed by atoms with Gasteiger partial charge in [-0.15, -0.1) is 0 Å². The van der Waals surface area contributed by atoms with Crippen LogP contribution in [0.1, 0.15) is 56.1 Å². The van der Waals surface area contributed by atoms with Gasteiger partial charge in [0.05, 0.1) is 10.5 Å². The van der Waals surface area contributed by atoms with E-state index >= 15 is 0 Å². The lowest BCUT2D eigenvalue weighted by atomic mass is 10.0. The number of ether oxygens (including phenoxy) is 1. The largest absolute Gasteiger partial charge is 0.452 e. The third-order valence-corrected chi connectivity index (χ3v) is 7.44. The topological polar surface area (TPSA) is 84.0 Å². The number of nitrogens with zero attached hydrogens (tertiary/aromatic N) is 2. The highest BCUT2D eigenvalue weighted by atomic mass is 32.2. The fourth-order valence-electron chi connectivity index (χ4n) is 3.44. The van der Waals surface area contributed by atoms with E-state index in [2.05, 4.69) is 0 Å². The predicted molar refractivity (Wildman–Crippen MR) is 128 cm³/mol. The lowest BCUT2D eigenvalue weighted by molar-refractivity contribution is -0.140. The van der Waals surface area contributed by atoms with Crippen molar-refractivity contribution in [3.8, 4) is 0 Å². The van der Waals surface area contributed by atoms with Gasteiger partial charge in [0.15, 0.2) is 6.61 Å². The van der Waals surface area contributed by atoms with Gasteiger partial charge in [0.1, 0.15) is 0 Å². The Balaban J connectivity index is 2.19. The smallest absolute Gasteiger partial charge is 0.338 e. The fraction of sp³-hybridized carbons (Fsp3) is 0.440. The van der Waals surface area contributed by atoms with Gasteiger partial charge in [-0.2, -0.15) is 4.31 Å². The Morgan fingerprint density at radius 3 is 2.12 bits per heavy atom. The molecule has 2 rings (SSSR count). The van der Waals surface area contributed by atoms with E-state index in [9.17, 15) is 18.0 Å². The van der Waals surface area contributed by atoms with Crippen LogP contribution in [0.3, 0.4) is 0 Å². The van der Waals surface area contributed by atoms with Gasteiger partial charge in [0.2, 0.25) is 10.0 Å². The highest BCUT2D eigenvalue weighted by molar-refractivity contribution is 7.89. The molecule has 0 saturated heterocycles. The summed E-state index contributed by atoms with van der Waals surface area (Å²) in [5.41, 5.74) is 1.19. The molecule has 0 aliphatic carbocycles. The van der Waals surface area contributed by atoms with E-state index in [-0.39, 0.29) is 16.4 Å². The maximum atomic E-state index is 13.0. The lowest BCUT2D eigenvalue weighted by Gasteiger charge is -2.35. The van der Waals surface area contributed by atoms with Crippen molar-refractivity contribution < 1.29 is 22.7 Å². The SMILES string of the molecule is CCN(CC)S(=O)(=O)c1ccc(C)c(C(=O)OCC(=O)N(Cc2ccccc2)C(C)(C)C)c1. The monoisotopic (exact) mass is 474 g/mol. The zero-order valence-electron chi connectivity index (χ0n) is 20.3. The zero-order valence-corrected chi connectivity index (χ0v) is 21.1. The van der Waals surface area contributed by atoms with E-state index in [1.54, 1.807) is 31.7 Å². The molecular formula is C25H34N2O5S. The third kappa shape index (κ3) is 6.65. The maximum absolute atomic E-state index is 13.0. The van der Waals surface area contributed by atoms with E-state index < -0.39 is 28.1 Å². The van der Waals surface area contributed by atoms with Gasteiger partial charge >= 0.3 is 5.97 Å². The standard InChI is InChI=1S/C25H34N2O5S/c1-7-26(8-2)33(30,31)21-15-14-19(3)22(16-21)24(29)32-18-23(28)27(25(4,5)6)17-20-12-10-9-11-13-20/h9-16H,7-8,17-18H2,1-6H3. The number of carbonyl (C=O) groups is 2. The third-order valence-electron chi connectivity index (χ3n) is 5.39. The van der Waals surface area contributed by atoms with Crippen LogP contribution in [0.15, 0.2) is 53.4 Å². The molecule has 0 spiro atoms. The number of hydrogen-bond donors (Lipinski definition) is 0. The van der Waals surface area contributed by atoms with E-state index in [4.69, 9.17) is 4.74 Å². The molecule has 7 nitrogen and oxygen atoms in total. The van der Waals surface area contributed by atoms with Crippen LogP contribution in [-0.2, 0) is 26.1 Å². The molecule has 0 saturated carbocycles. The van der Waals surface area contributed by atoms with Gasteiger partial charge in [-0.25, -0.2) is 13.2 Å². The minimum atomic E-state index is -3.72. The summed E-state index contributed by atoms with van der Waals surface area (Å²) in [6.07, 6.45) is 0. The van der Waals surface area contributed by atoms with Gasteiger partial charge in [-0.05, 0) is 51.0 Å². The molecular weight excluding hydrogens is 440 g/mol. The fourth-order valence-corrected chi connectivity index (χ4v) is 4.93. The number of carbonyl (C=O) groups excluding carboxylic acids is 2. The molecule has 0 atom stereocenters. The molecule has 33 heavy (non-hydrogen) atoms. The normalized spacial score (nSPS) is 12.0. The first-order chi connectivity index (χ1) is 15.4. The lowest BCUT2D eigenvalue weighted by Crippen LogP contribution is -2.46. The van der Waals surface area contributed by atoms with Crippen LogP contribution in [0.5, 0.6) is 0 Å². The second-order valence-electron chi connectivity index (χ2n) is 8.78. The minimum absolute atomic E-state index is 0.0236. The van der Waals surface area contributed by atoms with Gasteiger partial charge in [-0.3, -0.25) is 4.79 Å². The van der Waals surface area contributed by atoms with Crippen LogP contribution in [0.2, 0.25) is 0 Å². The van der Waals surface area contributed by atoms with Gasteiger partial charge in [-0.1, -0.05) is 50.2 Å². The van der Waals surface area contributed by atoms with Crippen LogP contribution in [0.25, 0.3) is 0 Å². The molecule has 0 aliphatic heterocycles. The summed E-state index contributed by atoms with van der Waals surface area (Å²) in [5.74, 6) is -1.06. The first-order valence-corrected chi connectivity index (χ1v) is 12.5. The van der Waals surface area contributed by atoms with Crippen molar-refractivity contribution in [1.29, 1.82) is 0 Å². The summed E-state index contributed by atoms with van der Waals surface area (Å²) in [5, 5.41) is 0. The van der Waals surface area contributed by atoms with E-state index in [0.717, 1.165) is 5.56 Å². The second-order valence-corrected chi connectivity index (χ2v) is 10.7. The molecule has 0 unspecified atom stereocenters. The van der Waals surface area contributed by atoms with E-state index in [0.29, 0.717) is 25.2 Å². The molecule has 2 aromatic carbocycles. The van der Waals surface area contributed by atoms with Gasteiger partial charge in [0, 0.05) is 25.2 Å². The summed E-state index contributed by atoms with van der Waals surface area (Å²) in [4.78, 5) is 27.4. The first kappa shape index (κ1) is 26.5. The Kier molecular flexibility index (Phi) is 8.80. The Hall–Kier alpha value is -2.71. The zero-order chi connectivity index (χ0) is 24.8. The van der Waals surface area contributed by atoms with Crippen LogP contribution in [0.4, 0.5) is 0 Å². The highest BCUT2D eigenvalue weighted by Crippen LogP contribution is 2.21. The van der Waals surface area contributed by atoms with Gasteiger partial charge in [0.25, 0.3) is 5.91 Å². The van der Waals surface area contributed by atoms with Crippen LogP contribution < -0.4 is 0 Å². The number of amides is 1. The molecule has 0 aliphatic rings. The number of hydrogen-bond acceptors (Lipinski definition) is 5. The molecule has 0 bridgehead atoms. The Morgan fingerprint density at radius 1 is 0.970 bits per heavy atom. The summed E-state index contributed by atoms with van der Waals surface area (Å²) in [6, 6.07) is 14.0. The maximum Gasteiger partial charge on any atom is 0.338 e. The molecule has 1 amide bonds. The molecule has 0 N–H and O–H groups in total. The van der Waals surface area contributed by atoms with Crippen molar-refractivity contribution in [3.63, 3.8) is 0 Å². The minimum Gasteiger partial charge on any atom is -0.452 e. The van der Waals surface area contributed by atoms with Crippen LogP contribution >= 0.6 is 0 Å². The summed E-state index contributed by atoms with van der Waals surface area (Å²) in [6.45, 7) is 11.6. The van der Waals surface area contributed by atoms with Crippen molar-refractivity contribution in [2.45, 2.75) is 58.5 Å². The molecule has 0 fully saturated rings. The van der Waals surface area contributed by atoms with Crippen molar-refractivity contribution in [3.05, 3.63) is 65.2 Å². The molecule has 0 aromatic heterocycles. The van der Waals surface area contributed by atoms with Gasteiger partial charge < -0.3 is 9.64 Å². The molecule has 2 aromatic rings. The van der Waals surface area contributed by atoms with E-state index in [1.807, 2.05) is 51.1 Å². The predicted octanol–water partition coefficient (Wildman–Crippen LogP) is 4.01. The Bertz CT molecular complexity index is 1070. The highest BCUT2D eigenvalue weighted by Gasteiger charge is 2.28. The van der Waals surface area contributed by atoms with Crippen molar-refractivity contribution in [1.82, 2.24) is 9.21 Å². The average molecular weight is 475 g/mol. The average Bonchev–Trinajstić information content (AvgIpc) is 2.76. The molecule has 180 valence electrons. The summed E-state index contributed by atoms with van der Waals surface area (Å²) < 4.78 is 32.3. The Labute approximate surface area is 197 Å². The Morgan fingerprint density at radius 2 is 1.58 bits per heavy atom. The summed E-state index contributed by atoms with van der Waals surface area (Å²) in [7, 11) is -3.72. The van der Waals surface area contributed by atoms with Crippen molar-refractivity contribution in [2.75, 3.05) is 19.7 Å². The molecule has 8 heteroatoms. The van der Waals surface area contributed by atoms with Crippen LogP contribution in [-0.4, -0.2) is 54.7 Å². The number of esters is 1. The van der Waals surface area contributed by atoms with Crippen molar-refractivity contribution in [2.24, 2.45) is 0 Å². The summed E-state index contributed by atoms with van der Waals surface area (Å²) >= 11 is 0. The van der Waals surface area contributed by atoms with Crippen LogP contribution in [0, 0.1) is 6.92 Å². The number of rotatable bonds is 9.